The first-order valence-electron chi connectivity index (χ1n) is 14.8. The van der Waals surface area contributed by atoms with Crippen molar-refractivity contribution in [1.29, 1.82) is 0 Å². The molecule has 0 saturated carbocycles. The van der Waals surface area contributed by atoms with E-state index in [9.17, 15) is 14.7 Å². The van der Waals surface area contributed by atoms with Gasteiger partial charge in [0.2, 0.25) is 0 Å². The average molecular weight is 617 g/mol. The summed E-state index contributed by atoms with van der Waals surface area (Å²) in [5, 5.41) is 9.55. The van der Waals surface area contributed by atoms with Crippen LogP contribution in [0.2, 0.25) is 0 Å². The van der Waals surface area contributed by atoms with E-state index in [1.807, 2.05) is 61.5 Å². The number of halogens is 1. The predicted octanol–water partition coefficient (Wildman–Crippen LogP) is 8.54. The Kier molecular flexibility index (Phi) is 12.1. The zero-order valence-corrected chi connectivity index (χ0v) is 25.8. The molecule has 0 atom stereocenters. The van der Waals surface area contributed by atoms with Crippen molar-refractivity contribution < 1.29 is 33.6 Å². The predicted molar refractivity (Wildman–Crippen MR) is 171 cm³/mol. The van der Waals surface area contributed by atoms with Crippen LogP contribution >= 0.6 is 11.6 Å². The Hall–Kier alpha value is -4.49. The lowest BCUT2D eigenvalue weighted by Crippen LogP contribution is -2.10. The van der Waals surface area contributed by atoms with Crippen LogP contribution in [0.1, 0.15) is 64.1 Å². The highest BCUT2D eigenvalue weighted by molar-refractivity contribution is 6.30. The highest BCUT2D eigenvalue weighted by Crippen LogP contribution is 2.35. The van der Waals surface area contributed by atoms with Crippen molar-refractivity contribution in [1.82, 2.24) is 0 Å². The molecule has 4 rings (SSSR count). The monoisotopic (exact) mass is 616 g/mol. The van der Waals surface area contributed by atoms with Gasteiger partial charge < -0.3 is 24.1 Å². The number of ketones is 1. The van der Waals surface area contributed by atoms with Crippen LogP contribution in [-0.2, 0) is 19.4 Å². The van der Waals surface area contributed by atoms with Gasteiger partial charge in [-0.2, -0.15) is 0 Å². The van der Waals surface area contributed by atoms with Gasteiger partial charge in [0.05, 0.1) is 24.7 Å². The zero-order valence-electron chi connectivity index (χ0n) is 25.0. The fourth-order valence-corrected chi connectivity index (χ4v) is 4.85. The maximum atomic E-state index is 12.6. The fraction of sp³-hybridized carbons (Fsp3) is 0.278. The van der Waals surface area contributed by atoms with Gasteiger partial charge in [0.25, 0.3) is 0 Å². The second kappa shape index (κ2) is 16.4. The number of hydrogen-bond acceptors (Lipinski definition) is 6. The van der Waals surface area contributed by atoms with Crippen LogP contribution in [0.4, 0.5) is 0 Å². The Balaban J connectivity index is 1.42. The molecule has 4 aromatic rings. The Morgan fingerprint density at radius 1 is 0.727 bits per heavy atom. The topological polar surface area (TPSA) is 91.3 Å². The molecule has 0 spiro atoms. The summed E-state index contributed by atoms with van der Waals surface area (Å²) >= 11 is 5.90. The zero-order chi connectivity index (χ0) is 31.3. The van der Waals surface area contributed by atoms with E-state index in [-0.39, 0.29) is 23.0 Å². The van der Waals surface area contributed by atoms with Crippen molar-refractivity contribution in [3.8, 4) is 28.7 Å². The molecule has 0 fully saturated rings. The van der Waals surface area contributed by atoms with Gasteiger partial charge in [-0.25, -0.2) is 4.79 Å². The normalized spacial score (nSPS) is 10.7. The molecule has 44 heavy (non-hydrogen) atoms. The van der Waals surface area contributed by atoms with Gasteiger partial charge in [-0.1, -0.05) is 68.8 Å². The van der Waals surface area contributed by atoms with E-state index in [0.717, 1.165) is 23.1 Å². The van der Waals surface area contributed by atoms with Gasteiger partial charge in [-0.15, -0.1) is 11.6 Å². The third-order valence-corrected chi connectivity index (χ3v) is 7.18. The van der Waals surface area contributed by atoms with Gasteiger partial charge in [0.1, 0.15) is 40.9 Å². The molecule has 0 radical (unpaired) electrons. The first kappa shape index (κ1) is 32.4. The van der Waals surface area contributed by atoms with Crippen LogP contribution in [0, 0.1) is 0 Å². The summed E-state index contributed by atoms with van der Waals surface area (Å²) in [7, 11) is 0. The quantitative estimate of drug-likeness (QED) is 0.0722. The standard InChI is InChI=1S/C36H37ClO7/c1-3-12-27-31(17-10-18-32(27)44-33-16-9-8-15-28(33)36(39)40)41-19-11-20-42-34-22-35(43-24-25-13-6-5-7-14-25)29(30(38)23-37)21-26(34)4-2/h5-10,13-18,21-22H,3-4,11-12,19-20,23-24H2,1-2H3,(H,39,40). The molecule has 4 aromatic carbocycles. The van der Waals surface area contributed by atoms with E-state index < -0.39 is 5.97 Å². The lowest BCUT2D eigenvalue weighted by atomic mass is 10.0. The Labute approximate surface area is 263 Å². The highest BCUT2D eigenvalue weighted by Gasteiger charge is 2.18. The first-order valence-corrected chi connectivity index (χ1v) is 15.3. The molecule has 0 saturated heterocycles. The molecule has 0 aromatic heterocycles. The lowest BCUT2D eigenvalue weighted by Gasteiger charge is -2.18. The summed E-state index contributed by atoms with van der Waals surface area (Å²) in [5.41, 5.74) is 3.30. The fourth-order valence-electron chi connectivity index (χ4n) is 4.71. The summed E-state index contributed by atoms with van der Waals surface area (Å²) in [6.45, 7) is 5.16. The number of rotatable bonds is 17. The Morgan fingerprint density at radius 3 is 2.11 bits per heavy atom. The van der Waals surface area contributed by atoms with Crippen LogP contribution in [-0.4, -0.2) is 36.0 Å². The lowest BCUT2D eigenvalue weighted by molar-refractivity contribution is 0.0694. The van der Waals surface area contributed by atoms with E-state index in [1.54, 1.807) is 24.3 Å². The van der Waals surface area contributed by atoms with Crippen LogP contribution in [0.25, 0.3) is 0 Å². The number of ether oxygens (including phenoxy) is 4. The molecule has 0 bridgehead atoms. The number of carbonyl (C=O) groups is 2. The van der Waals surface area contributed by atoms with Gasteiger partial charge in [0.15, 0.2) is 5.78 Å². The van der Waals surface area contributed by atoms with Crippen molar-refractivity contribution in [2.24, 2.45) is 0 Å². The maximum Gasteiger partial charge on any atom is 0.339 e. The average Bonchev–Trinajstić information content (AvgIpc) is 3.05. The first-order chi connectivity index (χ1) is 21.4. The van der Waals surface area contributed by atoms with Crippen molar-refractivity contribution in [2.45, 2.75) is 46.1 Å². The number of carbonyl (C=O) groups excluding carboxylic acids is 1. The van der Waals surface area contributed by atoms with Crippen LogP contribution < -0.4 is 18.9 Å². The number of aryl methyl sites for hydroxylation is 1. The van der Waals surface area contributed by atoms with E-state index in [4.69, 9.17) is 30.5 Å². The van der Waals surface area contributed by atoms with Gasteiger partial charge in [-0.3, -0.25) is 4.79 Å². The Bertz CT molecular complexity index is 1550. The smallest absolute Gasteiger partial charge is 0.339 e. The molecular weight excluding hydrogens is 580 g/mol. The van der Waals surface area contributed by atoms with Crippen molar-refractivity contribution in [3.05, 3.63) is 113 Å². The minimum absolute atomic E-state index is 0.0959. The SMILES string of the molecule is CCCc1c(OCCCOc2cc(OCc3ccccc3)c(C(=O)CCl)cc2CC)cccc1Oc1ccccc1C(=O)O. The summed E-state index contributed by atoms with van der Waals surface area (Å²) in [6.07, 6.45) is 2.84. The molecule has 1 N–H and O–H groups in total. The van der Waals surface area contributed by atoms with Crippen LogP contribution in [0.3, 0.4) is 0 Å². The Morgan fingerprint density at radius 2 is 1.41 bits per heavy atom. The molecule has 0 aliphatic carbocycles. The van der Waals surface area contributed by atoms with E-state index in [1.165, 1.54) is 6.07 Å². The number of para-hydroxylation sites is 1. The molecule has 230 valence electrons. The minimum Gasteiger partial charge on any atom is -0.493 e. The summed E-state index contributed by atoms with van der Waals surface area (Å²) < 4.78 is 24.4. The second-order valence-corrected chi connectivity index (χ2v) is 10.3. The third-order valence-electron chi connectivity index (χ3n) is 6.93. The van der Waals surface area contributed by atoms with E-state index in [0.29, 0.717) is 67.6 Å². The second-order valence-electron chi connectivity index (χ2n) is 10.1. The van der Waals surface area contributed by atoms with Crippen LogP contribution in [0.5, 0.6) is 28.7 Å². The van der Waals surface area contributed by atoms with Crippen LogP contribution in [0.15, 0.2) is 84.9 Å². The highest BCUT2D eigenvalue weighted by atomic mass is 35.5. The number of hydrogen-bond donors (Lipinski definition) is 1. The molecule has 8 heteroatoms. The summed E-state index contributed by atoms with van der Waals surface area (Å²) in [4.78, 5) is 24.3. The van der Waals surface area contributed by atoms with Gasteiger partial charge in [0, 0.05) is 18.1 Å². The molecule has 0 aliphatic heterocycles. The number of aromatic carboxylic acids is 1. The summed E-state index contributed by atoms with van der Waals surface area (Å²) in [6, 6.07) is 25.4. The number of Topliss-reactive ketones (excluding diaryl/α,β-unsaturated/α-hetero) is 1. The molecule has 0 aliphatic rings. The maximum absolute atomic E-state index is 12.6. The number of benzene rings is 4. The van der Waals surface area contributed by atoms with Crippen molar-refractivity contribution in [3.63, 3.8) is 0 Å². The molecule has 0 amide bonds. The molecule has 7 nitrogen and oxygen atoms in total. The van der Waals surface area contributed by atoms with Crippen molar-refractivity contribution >= 4 is 23.4 Å². The van der Waals surface area contributed by atoms with Crippen molar-refractivity contribution in [2.75, 3.05) is 19.1 Å². The number of alkyl halides is 1. The largest absolute Gasteiger partial charge is 0.493 e. The third kappa shape index (κ3) is 8.54. The molecule has 0 unspecified atom stereocenters. The number of carboxylic acid groups (broad SMARTS) is 1. The minimum atomic E-state index is -1.05. The summed E-state index contributed by atoms with van der Waals surface area (Å²) in [5.74, 6) is 1.23. The van der Waals surface area contributed by atoms with E-state index in [2.05, 4.69) is 6.92 Å². The van der Waals surface area contributed by atoms with E-state index >= 15 is 0 Å². The number of carboxylic acids is 1. The van der Waals surface area contributed by atoms with Gasteiger partial charge >= 0.3 is 5.97 Å². The molecule has 0 heterocycles. The molecular formula is C36H37ClO7. The van der Waals surface area contributed by atoms with Gasteiger partial charge in [-0.05, 0) is 54.3 Å².